The van der Waals surface area contributed by atoms with Gasteiger partial charge in [-0.05, 0) is 38.1 Å². The van der Waals surface area contributed by atoms with E-state index in [1.807, 2.05) is 56.3 Å². The number of hydrazone groups is 1. The molecule has 1 aromatic carbocycles. The number of thiophene rings is 1. The molecule has 0 radical (unpaired) electrons. The van der Waals surface area contributed by atoms with Crippen molar-refractivity contribution in [1.29, 1.82) is 0 Å². The van der Waals surface area contributed by atoms with Gasteiger partial charge in [-0.3, -0.25) is 4.79 Å². The number of aromatic hydroxyl groups is 1. The van der Waals surface area contributed by atoms with Gasteiger partial charge in [0, 0.05) is 4.88 Å². The normalized spacial score (nSPS) is 11.5. The smallest absolute Gasteiger partial charge is 0.295 e. The van der Waals surface area contributed by atoms with Crippen molar-refractivity contribution >= 4 is 23.0 Å². The van der Waals surface area contributed by atoms with Crippen LogP contribution >= 0.6 is 11.3 Å². The molecule has 0 saturated carbocycles. The number of nitrogens with zero attached hydrogens (tertiary/aromatic N) is 3. The number of carbonyl (C=O) groups is 1. The molecular weight excluding hydrogens is 324 g/mol. The van der Waals surface area contributed by atoms with Gasteiger partial charge in [0.05, 0.1) is 22.5 Å². The van der Waals surface area contributed by atoms with E-state index in [1.54, 1.807) is 11.3 Å². The second-order valence-electron chi connectivity index (χ2n) is 5.19. The van der Waals surface area contributed by atoms with E-state index < -0.39 is 5.91 Å². The molecule has 122 valence electrons. The molecule has 0 aliphatic carbocycles. The van der Waals surface area contributed by atoms with Crippen molar-refractivity contribution in [2.75, 3.05) is 0 Å². The standard InChI is InChI=1S/C17H16N4O2S/c1-11-8-9-15(24-11)12(2)18-19-17(23)16-14(22)10-21(20-16)13-6-4-3-5-7-13/h3-10,22H,1-2H3,(H,19,23)/b18-12-. The molecule has 0 aliphatic rings. The Balaban J connectivity index is 1.77. The Morgan fingerprint density at radius 2 is 2.00 bits per heavy atom. The van der Waals surface area contributed by atoms with E-state index in [4.69, 9.17) is 0 Å². The first-order valence-corrected chi connectivity index (χ1v) is 8.12. The lowest BCUT2D eigenvalue weighted by Crippen LogP contribution is -2.20. The van der Waals surface area contributed by atoms with Gasteiger partial charge >= 0.3 is 0 Å². The van der Waals surface area contributed by atoms with E-state index in [0.29, 0.717) is 5.71 Å². The Labute approximate surface area is 143 Å². The summed E-state index contributed by atoms with van der Waals surface area (Å²) in [5, 5.41) is 18.2. The lowest BCUT2D eigenvalue weighted by molar-refractivity contribution is 0.0947. The highest BCUT2D eigenvalue weighted by Crippen LogP contribution is 2.18. The van der Waals surface area contributed by atoms with Gasteiger partial charge in [0.25, 0.3) is 5.91 Å². The first kappa shape index (κ1) is 15.9. The molecule has 0 saturated heterocycles. The molecule has 7 heteroatoms. The van der Waals surface area contributed by atoms with Crippen molar-refractivity contribution in [3.05, 3.63) is 64.1 Å². The third-order valence-corrected chi connectivity index (χ3v) is 4.46. The summed E-state index contributed by atoms with van der Waals surface area (Å²) in [6, 6.07) is 13.2. The van der Waals surface area contributed by atoms with Gasteiger partial charge < -0.3 is 5.11 Å². The fraction of sp³-hybridized carbons (Fsp3) is 0.118. The number of hydrogen-bond donors (Lipinski definition) is 2. The molecule has 3 rings (SSSR count). The molecular formula is C17H16N4O2S. The van der Waals surface area contributed by atoms with E-state index in [0.717, 1.165) is 10.6 Å². The molecule has 6 nitrogen and oxygen atoms in total. The number of benzene rings is 1. The van der Waals surface area contributed by atoms with Crippen LogP contribution in [0.15, 0.2) is 53.8 Å². The largest absolute Gasteiger partial charge is 0.504 e. The van der Waals surface area contributed by atoms with Crippen LogP contribution in [0.3, 0.4) is 0 Å². The Morgan fingerprint density at radius 3 is 2.67 bits per heavy atom. The molecule has 2 heterocycles. The van der Waals surface area contributed by atoms with E-state index in [1.165, 1.54) is 15.8 Å². The first-order valence-electron chi connectivity index (χ1n) is 7.30. The Bertz CT molecular complexity index is 896. The number of nitrogens with one attached hydrogen (secondary N) is 1. The topological polar surface area (TPSA) is 79.5 Å². The number of aromatic nitrogens is 2. The molecule has 0 atom stereocenters. The third kappa shape index (κ3) is 3.36. The maximum absolute atomic E-state index is 12.2. The first-order chi connectivity index (χ1) is 11.5. The molecule has 2 aromatic heterocycles. The highest BCUT2D eigenvalue weighted by molar-refractivity contribution is 7.14. The summed E-state index contributed by atoms with van der Waals surface area (Å²) < 4.78 is 1.45. The van der Waals surface area contributed by atoms with Gasteiger partial charge in [-0.15, -0.1) is 11.3 Å². The van der Waals surface area contributed by atoms with E-state index in [9.17, 15) is 9.90 Å². The van der Waals surface area contributed by atoms with Crippen LogP contribution in [0.1, 0.15) is 27.2 Å². The predicted octanol–water partition coefficient (Wildman–Crippen LogP) is 3.10. The zero-order valence-corrected chi connectivity index (χ0v) is 14.0. The number of para-hydroxylation sites is 1. The summed E-state index contributed by atoms with van der Waals surface area (Å²) in [6.45, 7) is 3.82. The van der Waals surface area contributed by atoms with Gasteiger partial charge in [0.2, 0.25) is 0 Å². The second-order valence-corrected chi connectivity index (χ2v) is 6.48. The van der Waals surface area contributed by atoms with Gasteiger partial charge in [0.1, 0.15) is 0 Å². The fourth-order valence-electron chi connectivity index (χ4n) is 2.11. The van der Waals surface area contributed by atoms with Gasteiger partial charge in [0.15, 0.2) is 11.4 Å². The Hall–Kier alpha value is -2.93. The Morgan fingerprint density at radius 1 is 1.25 bits per heavy atom. The van der Waals surface area contributed by atoms with E-state index in [-0.39, 0.29) is 11.4 Å². The molecule has 0 unspecified atom stereocenters. The van der Waals surface area contributed by atoms with Crippen LogP contribution in [0, 0.1) is 6.92 Å². The van der Waals surface area contributed by atoms with Crippen LogP contribution in [0.5, 0.6) is 5.75 Å². The zero-order valence-electron chi connectivity index (χ0n) is 13.2. The van der Waals surface area contributed by atoms with E-state index in [2.05, 4.69) is 15.6 Å². The van der Waals surface area contributed by atoms with Gasteiger partial charge in [-0.2, -0.15) is 10.2 Å². The minimum atomic E-state index is -0.560. The van der Waals surface area contributed by atoms with Crippen LogP contribution < -0.4 is 5.43 Å². The molecule has 24 heavy (non-hydrogen) atoms. The maximum atomic E-state index is 12.2. The molecule has 2 N–H and O–H groups in total. The average molecular weight is 340 g/mol. The maximum Gasteiger partial charge on any atom is 0.295 e. The van der Waals surface area contributed by atoms with Crippen molar-refractivity contribution in [1.82, 2.24) is 15.2 Å². The predicted molar refractivity (Wildman–Crippen MR) is 94.0 cm³/mol. The van der Waals surface area contributed by atoms with E-state index >= 15 is 0 Å². The highest BCUT2D eigenvalue weighted by atomic mass is 32.1. The minimum absolute atomic E-state index is 0.0715. The summed E-state index contributed by atoms with van der Waals surface area (Å²) in [5.74, 6) is -0.758. The average Bonchev–Trinajstić information content (AvgIpc) is 3.19. The van der Waals surface area contributed by atoms with Crippen molar-refractivity contribution in [3.8, 4) is 11.4 Å². The molecule has 0 bridgehead atoms. The van der Waals surface area contributed by atoms with Crippen molar-refractivity contribution < 1.29 is 9.90 Å². The lowest BCUT2D eigenvalue weighted by atomic mass is 10.3. The summed E-state index contributed by atoms with van der Waals surface area (Å²) in [7, 11) is 0. The summed E-state index contributed by atoms with van der Waals surface area (Å²) >= 11 is 1.60. The number of hydrogen-bond acceptors (Lipinski definition) is 5. The quantitative estimate of drug-likeness (QED) is 0.566. The number of rotatable bonds is 4. The lowest BCUT2D eigenvalue weighted by Gasteiger charge is -2.00. The van der Waals surface area contributed by atoms with Gasteiger partial charge in [-0.25, -0.2) is 10.1 Å². The van der Waals surface area contributed by atoms with Crippen LogP contribution in [-0.2, 0) is 0 Å². The summed E-state index contributed by atoms with van der Waals surface area (Å²) in [6.07, 6.45) is 1.39. The summed E-state index contributed by atoms with van der Waals surface area (Å²) in [4.78, 5) is 14.4. The third-order valence-electron chi connectivity index (χ3n) is 3.35. The number of amides is 1. The SMILES string of the molecule is C/C(=N/NC(=O)c1nn(-c2ccccc2)cc1O)c1ccc(C)s1. The molecule has 0 spiro atoms. The number of carbonyl (C=O) groups excluding carboxylic acids is 1. The van der Waals surface area contributed by atoms with Crippen LogP contribution in [0.25, 0.3) is 5.69 Å². The van der Waals surface area contributed by atoms with Crippen molar-refractivity contribution in [2.24, 2.45) is 5.10 Å². The zero-order chi connectivity index (χ0) is 17.1. The summed E-state index contributed by atoms with van der Waals surface area (Å²) in [5.41, 5.74) is 3.81. The molecule has 3 aromatic rings. The van der Waals surface area contributed by atoms with Crippen molar-refractivity contribution in [3.63, 3.8) is 0 Å². The van der Waals surface area contributed by atoms with Crippen molar-refractivity contribution in [2.45, 2.75) is 13.8 Å². The molecule has 0 fully saturated rings. The number of aryl methyl sites for hydroxylation is 1. The second kappa shape index (κ2) is 6.67. The van der Waals surface area contributed by atoms with Crippen LogP contribution in [0.4, 0.5) is 0 Å². The molecule has 0 aliphatic heterocycles. The van der Waals surface area contributed by atoms with Gasteiger partial charge in [-0.1, -0.05) is 18.2 Å². The van der Waals surface area contributed by atoms with Crippen LogP contribution in [0.2, 0.25) is 0 Å². The van der Waals surface area contributed by atoms with Crippen LogP contribution in [-0.4, -0.2) is 26.5 Å². The monoisotopic (exact) mass is 340 g/mol. The minimum Gasteiger partial charge on any atom is -0.504 e. The Kier molecular flexibility index (Phi) is 4.43. The fourth-order valence-corrected chi connectivity index (χ4v) is 2.92. The highest BCUT2D eigenvalue weighted by Gasteiger charge is 2.17. The molecule has 1 amide bonds.